The summed E-state index contributed by atoms with van der Waals surface area (Å²) in [5, 5.41) is 0. The van der Waals surface area contributed by atoms with Crippen LogP contribution in [-0.4, -0.2) is 21.4 Å². The average Bonchev–Trinajstić information content (AvgIpc) is 3.48. The molecule has 0 aromatic heterocycles. The fraction of sp³-hybridized carbons (Fsp3) is 0.0909. The van der Waals surface area contributed by atoms with Crippen LogP contribution in [0.3, 0.4) is 0 Å². The highest BCUT2D eigenvalue weighted by atomic mass is 32.2. The molecule has 6 nitrogen and oxygen atoms in total. The van der Waals surface area contributed by atoms with Crippen LogP contribution >= 0.6 is 0 Å². The normalized spacial score (nSPS) is 13.1. The van der Waals surface area contributed by atoms with E-state index >= 15 is 0 Å². The van der Waals surface area contributed by atoms with Gasteiger partial charge < -0.3 is 8.74 Å². The Morgan fingerprint density at radius 3 is 1.56 bits per heavy atom. The fourth-order valence-corrected chi connectivity index (χ4v) is 7.60. The highest BCUT2D eigenvalue weighted by molar-refractivity contribution is 7.87. The molecule has 0 atom stereocenters. The molecule has 41 heavy (non-hydrogen) atoms. The Hall–Kier alpha value is -4.24. The first-order valence-corrected chi connectivity index (χ1v) is 15.9. The second-order valence-corrected chi connectivity index (χ2v) is 12.7. The van der Waals surface area contributed by atoms with E-state index in [2.05, 4.69) is 0 Å². The topological polar surface area (TPSA) is 101 Å². The molecule has 0 fully saturated rings. The third-order valence-electron chi connectivity index (χ3n) is 7.28. The van der Waals surface area contributed by atoms with Gasteiger partial charge in [-0.25, -0.2) is 8.42 Å². The van der Waals surface area contributed by atoms with Crippen LogP contribution in [0.2, 0.25) is 0 Å². The number of hydrogen-bond acceptors (Lipinski definition) is 6. The van der Waals surface area contributed by atoms with E-state index in [1.165, 1.54) is 6.07 Å². The van der Waals surface area contributed by atoms with Crippen LogP contribution in [-0.2, 0) is 33.1 Å². The molecule has 0 saturated carbocycles. The maximum atomic E-state index is 14.3. The Bertz CT molecular complexity index is 1890. The number of fused-ring (bicyclic) bond motifs is 1. The first-order chi connectivity index (χ1) is 19.7. The van der Waals surface area contributed by atoms with Crippen molar-refractivity contribution < 1.29 is 25.6 Å². The highest BCUT2D eigenvalue weighted by Crippen LogP contribution is 2.42. The standard InChI is InChI=1S/C33H26O6S2/c34-40(35,36)32-20-19-31(27-17-10-18-28(27)32)39-41(37,38)33-29(24-13-6-2-7-14-24)21-26(23-11-4-1-5-12-23)22-30(33)25-15-8-3-9-16-25/h1-9,11-16,19-22H,10,17-18H2,(H,34,35,36)/p-1. The minimum Gasteiger partial charge on any atom is -0.744 e. The van der Waals surface area contributed by atoms with Gasteiger partial charge >= 0.3 is 10.1 Å². The van der Waals surface area contributed by atoms with Crippen molar-refractivity contribution in [3.05, 3.63) is 126 Å². The molecule has 0 bridgehead atoms. The minimum absolute atomic E-state index is 0.00171. The van der Waals surface area contributed by atoms with Crippen LogP contribution < -0.4 is 4.18 Å². The number of hydrogen-bond donors (Lipinski definition) is 0. The largest absolute Gasteiger partial charge is 0.744 e. The summed E-state index contributed by atoms with van der Waals surface area (Å²) in [5.74, 6) is 0.0371. The van der Waals surface area contributed by atoms with Gasteiger partial charge in [0.1, 0.15) is 20.8 Å². The van der Waals surface area contributed by atoms with Gasteiger partial charge in [0.25, 0.3) is 0 Å². The van der Waals surface area contributed by atoms with Gasteiger partial charge in [-0.2, -0.15) is 8.42 Å². The Morgan fingerprint density at radius 2 is 1.05 bits per heavy atom. The second kappa shape index (κ2) is 10.6. The monoisotopic (exact) mass is 581 g/mol. The lowest BCUT2D eigenvalue weighted by atomic mass is 9.93. The molecule has 6 rings (SSSR count). The lowest BCUT2D eigenvalue weighted by Crippen LogP contribution is -2.15. The van der Waals surface area contributed by atoms with E-state index in [-0.39, 0.29) is 15.5 Å². The molecule has 0 heterocycles. The van der Waals surface area contributed by atoms with Gasteiger partial charge in [-0.05, 0) is 71.3 Å². The first-order valence-electron chi connectivity index (χ1n) is 13.1. The Morgan fingerprint density at radius 1 is 0.561 bits per heavy atom. The maximum Gasteiger partial charge on any atom is 0.340 e. The van der Waals surface area contributed by atoms with Crippen LogP contribution in [0.5, 0.6) is 5.75 Å². The van der Waals surface area contributed by atoms with Crippen LogP contribution in [0.25, 0.3) is 33.4 Å². The summed E-state index contributed by atoms with van der Waals surface area (Å²) in [6.45, 7) is 0. The summed E-state index contributed by atoms with van der Waals surface area (Å²) in [7, 11) is -9.18. The van der Waals surface area contributed by atoms with Gasteiger partial charge in [0.05, 0.1) is 4.90 Å². The quantitative estimate of drug-likeness (QED) is 0.154. The van der Waals surface area contributed by atoms with Crippen molar-refractivity contribution >= 4 is 20.2 Å². The molecule has 5 aromatic carbocycles. The molecule has 0 unspecified atom stereocenters. The van der Waals surface area contributed by atoms with E-state index < -0.39 is 20.2 Å². The van der Waals surface area contributed by atoms with Crippen molar-refractivity contribution in [1.82, 2.24) is 0 Å². The Labute approximate surface area is 239 Å². The van der Waals surface area contributed by atoms with Crippen LogP contribution in [0, 0.1) is 0 Å². The fourth-order valence-electron chi connectivity index (χ4n) is 5.47. The molecule has 0 N–H and O–H groups in total. The predicted octanol–water partition coefficient (Wildman–Crippen LogP) is 6.85. The van der Waals surface area contributed by atoms with Crippen molar-refractivity contribution in [2.45, 2.75) is 29.1 Å². The summed E-state index contributed by atoms with van der Waals surface area (Å²) >= 11 is 0. The van der Waals surface area contributed by atoms with Gasteiger partial charge in [0.15, 0.2) is 0 Å². The van der Waals surface area contributed by atoms with Crippen molar-refractivity contribution in [3.63, 3.8) is 0 Å². The Kier molecular flexibility index (Phi) is 6.99. The predicted molar refractivity (Wildman–Crippen MR) is 157 cm³/mol. The third-order valence-corrected chi connectivity index (χ3v) is 9.54. The Balaban J connectivity index is 1.60. The maximum absolute atomic E-state index is 14.3. The summed E-state index contributed by atoms with van der Waals surface area (Å²) < 4.78 is 70.0. The zero-order valence-corrected chi connectivity index (χ0v) is 23.5. The van der Waals surface area contributed by atoms with Crippen molar-refractivity contribution in [2.24, 2.45) is 0 Å². The van der Waals surface area contributed by atoms with E-state index in [9.17, 15) is 21.4 Å². The first kappa shape index (κ1) is 27.0. The zero-order chi connectivity index (χ0) is 28.6. The van der Waals surface area contributed by atoms with E-state index in [0.29, 0.717) is 52.6 Å². The van der Waals surface area contributed by atoms with E-state index in [0.717, 1.165) is 17.2 Å². The van der Waals surface area contributed by atoms with Crippen molar-refractivity contribution in [2.75, 3.05) is 0 Å². The van der Waals surface area contributed by atoms with Crippen LogP contribution in [0.1, 0.15) is 17.5 Å². The third kappa shape index (κ3) is 5.29. The number of benzene rings is 5. The molecular weight excluding hydrogens is 556 g/mol. The SMILES string of the molecule is O=S(=O)([O-])c1ccc(OS(=O)(=O)c2c(-c3ccccc3)cc(-c3ccccc3)cc2-c2ccccc2)c2c1CCC2. The smallest absolute Gasteiger partial charge is 0.340 e. The van der Waals surface area contributed by atoms with Gasteiger partial charge in [0, 0.05) is 16.7 Å². The molecule has 5 aromatic rings. The second-order valence-electron chi connectivity index (χ2n) is 9.86. The van der Waals surface area contributed by atoms with E-state index in [1.807, 2.05) is 103 Å². The van der Waals surface area contributed by atoms with Crippen LogP contribution in [0.4, 0.5) is 0 Å². The lowest BCUT2D eigenvalue weighted by molar-refractivity contribution is 0.462. The van der Waals surface area contributed by atoms with Crippen molar-refractivity contribution in [1.29, 1.82) is 0 Å². The molecule has 0 saturated heterocycles. The molecule has 1 aliphatic rings. The molecule has 8 heteroatoms. The molecule has 0 spiro atoms. The average molecular weight is 582 g/mol. The van der Waals surface area contributed by atoms with E-state index in [1.54, 1.807) is 0 Å². The van der Waals surface area contributed by atoms with Crippen LogP contribution in [0.15, 0.2) is 125 Å². The summed E-state index contributed by atoms with van der Waals surface area (Å²) in [5.41, 5.74) is 4.88. The molecule has 0 radical (unpaired) electrons. The van der Waals surface area contributed by atoms with Gasteiger partial charge in [-0.3, -0.25) is 0 Å². The number of rotatable bonds is 7. The van der Waals surface area contributed by atoms with Gasteiger partial charge in [0.2, 0.25) is 0 Å². The van der Waals surface area contributed by atoms with Gasteiger partial charge in [-0.15, -0.1) is 0 Å². The van der Waals surface area contributed by atoms with Gasteiger partial charge in [-0.1, -0.05) is 91.0 Å². The summed E-state index contributed by atoms with van der Waals surface area (Å²) in [4.78, 5) is -0.321. The lowest BCUT2D eigenvalue weighted by Gasteiger charge is -2.20. The zero-order valence-electron chi connectivity index (χ0n) is 21.9. The summed E-state index contributed by atoms with van der Waals surface area (Å²) in [6.07, 6.45) is 1.36. The summed E-state index contributed by atoms with van der Waals surface area (Å²) in [6, 6.07) is 34.4. The van der Waals surface area contributed by atoms with E-state index in [4.69, 9.17) is 4.18 Å². The molecule has 0 aliphatic heterocycles. The molecule has 206 valence electrons. The minimum atomic E-state index is -4.71. The molecule has 0 amide bonds. The molecular formula is C33H25O6S2-. The highest BCUT2D eigenvalue weighted by Gasteiger charge is 2.30. The van der Waals surface area contributed by atoms with Crippen molar-refractivity contribution in [3.8, 4) is 39.1 Å². The molecule has 1 aliphatic carbocycles.